The van der Waals surface area contributed by atoms with E-state index in [4.69, 9.17) is 0 Å². The molecule has 2 aliphatic heterocycles. The molecule has 0 saturated carbocycles. The summed E-state index contributed by atoms with van der Waals surface area (Å²) in [6.45, 7) is 18.0. The molecule has 2 aliphatic rings. The maximum absolute atomic E-state index is 3.70. The monoisotopic (exact) mass is 295 g/mol. The number of nitrogens with one attached hydrogen (secondary N) is 1. The van der Waals surface area contributed by atoms with Crippen LogP contribution in [0, 0.1) is 11.8 Å². The summed E-state index contributed by atoms with van der Waals surface area (Å²) in [4.78, 5) is 5.56. The minimum absolute atomic E-state index is 0.683. The highest BCUT2D eigenvalue weighted by Gasteiger charge is 2.36. The van der Waals surface area contributed by atoms with E-state index in [0.29, 0.717) is 12.1 Å². The van der Waals surface area contributed by atoms with Crippen molar-refractivity contribution in [2.45, 2.75) is 72.0 Å². The van der Waals surface area contributed by atoms with Gasteiger partial charge in [-0.25, -0.2) is 0 Å². The molecule has 2 heterocycles. The minimum Gasteiger partial charge on any atom is -0.315 e. The van der Waals surface area contributed by atoms with Gasteiger partial charge in [-0.2, -0.15) is 0 Å². The molecule has 2 rings (SSSR count). The summed E-state index contributed by atoms with van der Waals surface area (Å²) >= 11 is 0. The van der Waals surface area contributed by atoms with Crippen molar-refractivity contribution >= 4 is 0 Å². The van der Waals surface area contributed by atoms with Crippen LogP contribution in [0.5, 0.6) is 0 Å². The lowest BCUT2D eigenvalue weighted by molar-refractivity contribution is -0.0181. The number of nitrogens with zero attached hydrogens (tertiary/aromatic N) is 2. The Morgan fingerprint density at radius 1 is 1.05 bits per heavy atom. The zero-order chi connectivity index (χ0) is 15.4. The first-order chi connectivity index (χ1) is 9.99. The zero-order valence-corrected chi connectivity index (χ0v) is 14.9. The van der Waals surface area contributed by atoms with Gasteiger partial charge in [0.25, 0.3) is 0 Å². The highest BCUT2D eigenvalue weighted by Crippen LogP contribution is 2.27. The first-order valence-electron chi connectivity index (χ1n) is 9.19. The van der Waals surface area contributed by atoms with E-state index in [0.717, 1.165) is 31.0 Å². The molecule has 3 unspecified atom stereocenters. The second-order valence-electron chi connectivity index (χ2n) is 8.05. The average Bonchev–Trinajstić information content (AvgIpc) is 2.42. The number of piperidine rings is 1. The summed E-state index contributed by atoms with van der Waals surface area (Å²) in [5.74, 6) is 1.47. The summed E-state index contributed by atoms with van der Waals surface area (Å²) in [5.41, 5.74) is 0. The molecule has 3 atom stereocenters. The molecule has 0 aliphatic carbocycles. The molecule has 3 nitrogen and oxygen atoms in total. The van der Waals surface area contributed by atoms with Gasteiger partial charge in [-0.05, 0) is 44.7 Å². The van der Waals surface area contributed by atoms with Crippen molar-refractivity contribution in [1.29, 1.82) is 0 Å². The summed E-state index contributed by atoms with van der Waals surface area (Å²) in [7, 11) is 0. The van der Waals surface area contributed by atoms with Gasteiger partial charge in [-0.3, -0.25) is 9.80 Å². The predicted molar refractivity (Wildman–Crippen MR) is 91.7 cm³/mol. The molecule has 2 fully saturated rings. The quantitative estimate of drug-likeness (QED) is 0.813. The van der Waals surface area contributed by atoms with Gasteiger partial charge >= 0.3 is 0 Å². The Morgan fingerprint density at radius 2 is 1.81 bits per heavy atom. The summed E-state index contributed by atoms with van der Waals surface area (Å²) < 4.78 is 0. The van der Waals surface area contributed by atoms with Crippen LogP contribution in [0.4, 0.5) is 0 Å². The zero-order valence-electron chi connectivity index (χ0n) is 14.9. The minimum atomic E-state index is 0.683. The Labute approximate surface area is 132 Å². The van der Waals surface area contributed by atoms with Crippen LogP contribution < -0.4 is 5.32 Å². The fraction of sp³-hybridized carbons (Fsp3) is 1.00. The van der Waals surface area contributed by atoms with E-state index in [1.165, 1.54) is 38.9 Å². The van der Waals surface area contributed by atoms with Crippen LogP contribution in [0.2, 0.25) is 0 Å². The Morgan fingerprint density at radius 3 is 2.48 bits per heavy atom. The third kappa shape index (κ3) is 4.67. The highest BCUT2D eigenvalue weighted by atomic mass is 15.3. The first kappa shape index (κ1) is 17.2. The van der Waals surface area contributed by atoms with Crippen molar-refractivity contribution in [3.8, 4) is 0 Å². The van der Waals surface area contributed by atoms with Crippen LogP contribution in [-0.4, -0.2) is 60.6 Å². The van der Waals surface area contributed by atoms with Crippen LogP contribution >= 0.6 is 0 Å². The lowest BCUT2D eigenvalue weighted by atomic mass is 9.93. The number of fused-ring (bicyclic) bond motifs is 1. The van der Waals surface area contributed by atoms with Crippen LogP contribution in [0.25, 0.3) is 0 Å². The summed E-state index contributed by atoms with van der Waals surface area (Å²) in [6.07, 6.45) is 4.25. The molecular weight excluding hydrogens is 258 g/mol. The van der Waals surface area contributed by atoms with Gasteiger partial charge in [-0.15, -0.1) is 0 Å². The second kappa shape index (κ2) is 7.94. The van der Waals surface area contributed by atoms with Gasteiger partial charge in [0, 0.05) is 37.8 Å². The molecule has 2 saturated heterocycles. The molecule has 0 spiro atoms. The van der Waals surface area contributed by atoms with Crippen molar-refractivity contribution in [2.24, 2.45) is 11.8 Å². The van der Waals surface area contributed by atoms with Gasteiger partial charge in [0.05, 0.1) is 0 Å². The van der Waals surface area contributed by atoms with Gasteiger partial charge in [0.1, 0.15) is 0 Å². The molecule has 0 aromatic carbocycles. The number of rotatable bonds is 6. The molecule has 124 valence electrons. The van der Waals surface area contributed by atoms with Gasteiger partial charge in [0.2, 0.25) is 0 Å². The standard InChI is InChI=1S/C18H37N3/c1-14(2)10-19-11-18(15(3)4)21-13-17-8-6-7-9-20(17)12-16(21)5/h14-19H,6-13H2,1-5H3. The van der Waals surface area contributed by atoms with E-state index in [1.54, 1.807) is 0 Å². The molecular formula is C18H37N3. The molecule has 3 heteroatoms. The SMILES string of the molecule is CC(C)CNCC(C(C)C)N1CC2CCCCN2CC1C. The molecule has 0 aromatic heterocycles. The summed E-state index contributed by atoms with van der Waals surface area (Å²) in [5, 5.41) is 3.70. The molecule has 1 N–H and O–H groups in total. The van der Waals surface area contributed by atoms with E-state index in [1.807, 2.05) is 0 Å². The van der Waals surface area contributed by atoms with Crippen LogP contribution in [0.1, 0.15) is 53.9 Å². The van der Waals surface area contributed by atoms with Gasteiger partial charge in [-0.1, -0.05) is 34.1 Å². The van der Waals surface area contributed by atoms with E-state index >= 15 is 0 Å². The molecule has 0 radical (unpaired) electrons. The number of hydrogen-bond acceptors (Lipinski definition) is 3. The van der Waals surface area contributed by atoms with Gasteiger partial charge in [0.15, 0.2) is 0 Å². The van der Waals surface area contributed by atoms with Crippen molar-refractivity contribution in [1.82, 2.24) is 15.1 Å². The molecule has 0 amide bonds. The lowest BCUT2D eigenvalue weighted by Gasteiger charge is -2.51. The van der Waals surface area contributed by atoms with Crippen LogP contribution in [-0.2, 0) is 0 Å². The predicted octanol–water partition coefficient (Wildman–Crippen LogP) is 2.82. The largest absolute Gasteiger partial charge is 0.315 e. The van der Waals surface area contributed by atoms with Crippen molar-refractivity contribution < 1.29 is 0 Å². The Bertz CT molecular complexity index is 303. The van der Waals surface area contributed by atoms with Crippen LogP contribution in [0.15, 0.2) is 0 Å². The maximum atomic E-state index is 3.70. The third-order valence-electron chi connectivity index (χ3n) is 5.34. The topological polar surface area (TPSA) is 18.5 Å². The van der Waals surface area contributed by atoms with Crippen molar-refractivity contribution in [3.05, 3.63) is 0 Å². The van der Waals surface area contributed by atoms with Crippen LogP contribution in [0.3, 0.4) is 0 Å². The number of hydrogen-bond donors (Lipinski definition) is 1. The number of piperazine rings is 1. The lowest BCUT2D eigenvalue weighted by Crippen LogP contribution is -2.63. The van der Waals surface area contributed by atoms with E-state index in [9.17, 15) is 0 Å². The van der Waals surface area contributed by atoms with Crippen molar-refractivity contribution in [2.75, 3.05) is 32.7 Å². The van der Waals surface area contributed by atoms with E-state index < -0.39 is 0 Å². The normalized spacial score (nSPS) is 29.9. The Hall–Kier alpha value is -0.120. The Balaban J connectivity index is 1.94. The molecule has 0 bridgehead atoms. The van der Waals surface area contributed by atoms with E-state index in [2.05, 4.69) is 49.7 Å². The summed E-state index contributed by atoms with van der Waals surface area (Å²) in [6, 6.07) is 2.21. The maximum Gasteiger partial charge on any atom is 0.0247 e. The van der Waals surface area contributed by atoms with Gasteiger partial charge < -0.3 is 5.32 Å². The van der Waals surface area contributed by atoms with Crippen molar-refractivity contribution in [3.63, 3.8) is 0 Å². The fourth-order valence-corrected chi connectivity index (χ4v) is 4.09. The van der Waals surface area contributed by atoms with E-state index in [-0.39, 0.29) is 0 Å². The molecule has 21 heavy (non-hydrogen) atoms. The molecule has 0 aromatic rings. The highest BCUT2D eigenvalue weighted by molar-refractivity contribution is 4.93. The smallest absolute Gasteiger partial charge is 0.0247 e. The third-order valence-corrected chi connectivity index (χ3v) is 5.34. The second-order valence-corrected chi connectivity index (χ2v) is 8.05. The Kier molecular flexibility index (Phi) is 6.51. The average molecular weight is 296 g/mol. The fourth-order valence-electron chi connectivity index (χ4n) is 4.09. The first-order valence-corrected chi connectivity index (χ1v) is 9.19.